The molecule has 0 saturated heterocycles. The molecule has 0 radical (unpaired) electrons. The fourth-order valence-corrected chi connectivity index (χ4v) is 1.80. The van der Waals surface area contributed by atoms with Crippen molar-refractivity contribution in [2.45, 2.75) is 11.3 Å². The third kappa shape index (κ3) is 1.92. The molecule has 1 aromatic carbocycles. The molecule has 1 aromatic heterocycles. The number of nitrogens with one attached hydrogen (secondary N) is 1. The second-order valence-electron chi connectivity index (χ2n) is 3.13. The SMILES string of the molecule is CSc1ccc2c(=O)[nH]c(C(F)F)nc2c1. The van der Waals surface area contributed by atoms with Gasteiger partial charge in [0.2, 0.25) is 0 Å². The van der Waals surface area contributed by atoms with Crippen LogP contribution in [0.25, 0.3) is 10.9 Å². The third-order valence-electron chi connectivity index (χ3n) is 2.14. The van der Waals surface area contributed by atoms with Crippen molar-refractivity contribution in [3.8, 4) is 0 Å². The van der Waals surface area contributed by atoms with Crippen molar-refractivity contribution in [1.29, 1.82) is 0 Å². The molecular formula is C10H8F2N2OS. The molecule has 0 fully saturated rings. The van der Waals surface area contributed by atoms with Crippen LogP contribution in [0.15, 0.2) is 27.9 Å². The van der Waals surface area contributed by atoms with Crippen LogP contribution in [0.2, 0.25) is 0 Å². The maximum atomic E-state index is 12.4. The van der Waals surface area contributed by atoms with E-state index >= 15 is 0 Å². The van der Waals surface area contributed by atoms with E-state index in [1.165, 1.54) is 11.8 Å². The first-order chi connectivity index (χ1) is 7.61. The molecule has 0 unspecified atom stereocenters. The lowest BCUT2D eigenvalue weighted by molar-refractivity contribution is 0.140. The van der Waals surface area contributed by atoms with Crippen LogP contribution < -0.4 is 5.56 Å². The molecule has 84 valence electrons. The Balaban J connectivity index is 2.73. The quantitative estimate of drug-likeness (QED) is 0.823. The van der Waals surface area contributed by atoms with Crippen molar-refractivity contribution in [2.75, 3.05) is 6.26 Å². The molecule has 0 bridgehead atoms. The zero-order chi connectivity index (χ0) is 11.7. The zero-order valence-electron chi connectivity index (χ0n) is 8.33. The molecule has 0 aliphatic heterocycles. The van der Waals surface area contributed by atoms with Gasteiger partial charge in [-0.1, -0.05) is 0 Å². The maximum Gasteiger partial charge on any atom is 0.295 e. The molecule has 0 aliphatic carbocycles. The lowest BCUT2D eigenvalue weighted by atomic mass is 10.2. The van der Waals surface area contributed by atoms with E-state index in [-0.39, 0.29) is 0 Å². The monoisotopic (exact) mass is 242 g/mol. The molecule has 1 heterocycles. The fourth-order valence-electron chi connectivity index (χ4n) is 1.37. The molecule has 3 nitrogen and oxygen atoms in total. The van der Waals surface area contributed by atoms with Crippen molar-refractivity contribution in [3.05, 3.63) is 34.4 Å². The first-order valence-corrected chi connectivity index (χ1v) is 5.70. The first kappa shape index (κ1) is 11.1. The number of H-pyrrole nitrogens is 1. The summed E-state index contributed by atoms with van der Waals surface area (Å²) in [5.74, 6) is -0.587. The first-order valence-electron chi connectivity index (χ1n) is 4.48. The Kier molecular flexibility index (Phi) is 2.91. The number of thioether (sulfide) groups is 1. The van der Waals surface area contributed by atoms with Crippen LogP contribution in [0.5, 0.6) is 0 Å². The second-order valence-corrected chi connectivity index (χ2v) is 4.01. The third-order valence-corrected chi connectivity index (χ3v) is 2.86. The normalized spacial score (nSPS) is 11.2. The summed E-state index contributed by atoms with van der Waals surface area (Å²) in [5, 5.41) is 0.321. The smallest absolute Gasteiger partial charge is 0.295 e. The van der Waals surface area contributed by atoms with Crippen LogP contribution in [0.3, 0.4) is 0 Å². The van der Waals surface area contributed by atoms with Crippen LogP contribution in [0, 0.1) is 0 Å². The number of hydrogen-bond donors (Lipinski definition) is 1. The maximum absolute atomic E-state index is 12.4. The highest BCUT2D eigenvalue weighted by Crippen LogP contribution is 2.20. The van der Waals surface area contributed by atoms with E-state index in [9.17, 15) is 13.6 Å². The summed E-state index contributed by atoms with van der Waals surface area (Å²) in [6, 6.07) is 4.97. The summed E-state index contributed by atoms with van der Waals surface area (Å²) in [4.78, 5) is 18.1. The van der Waals surface area contributed by atoms with E-state index in [0.717, 1.165) is 4.90 Å². The molecule has 0 amide bonds. The minimum absolute atomic E-state index is 0.297. The molecule has 1 N–H and O–H groups in total. The molecule has 0 spiro atoms. The summed E-state index contributed by atoms with van der Waals surface area (Å²) in [6.45, 7) is 0. The van der Waals surface area contributed by atoms with Crippen LogP contribution in [-0.2, 0) is 0 Å². The Morgan fingerprint density at radius 3 is 2.81 bits per heavy atom. The standard InChI is InChI=1S/C10H8F2N2OS/c1-16-5-2-3-6-7(4-5)13-9(8(11)12)14-10(6)15/h2-4,8H,1H3,(H,13,14,15). The molecule has 2 rings (SSSR count). The van der Waals surface area contributed by atoms with Crippen molar-refractivity contribution in [1.82, 2.24) is 9.97 Å². The molecular weight excluding hydrogens is 234 g/mol. The van der Waals surface area contributed by atoms with E-state index in [4.69, 9.17) is 0 Å². The number of nitrogens with zero attached hydrogens (tertiary/aromatic N) is 1. The van der Waals surface area contributed by atoms with E-state index in [1.807, 2.05) is 6.26 Å². The lowest BCUT2D eigenvalue weighted by Gasteiger charge is -2.02. The van der Waals surface area contributed by atoms with Gasteiger partial charge >= 0.3 is 0 Å². The number of hydrogen-bond acceptors (Lipinski definition) is 3. The second kappa shape index (κ2) is 4.21. The Hall–Kier alpha value is -1.43. The number of halogens is 2. The molecule has 6 heteroatoms. The van der Waals surface area contributed by atoms with Gasteiger partial charge in [0, 0.05) is 4.90 Å². The summed E-state index contributed by atoms with van der Waals surface area (Å²) in [6.07, 6.45) is -0.905. The van der Waals surface area contributed by atoms with Gasteiger partial charge in [-0.25, -0.2) is 13.8 Å². The van der Waals surface area contributed by atoms with Gasteiger partial charge in [-0.2, -0.15) is 0 Å². The Labute approximate surface area is 93.9 Å². The van der Waals surface area contributed by atoms with E-state index < -0.39 is 17.8 Å². The minimum atomic E-state index is -2.77. The summed E-state index contributed by atoms with van der Waals surface area (Å²) in [5.41, 5.74) is -0.237. The molecule has 0 aliphatic rings. The average Bonchev–Trinajstić information content (AvgIpc) is 2.28. The number of rotatable bonds is 2. The van der Waals surface area contributed by atoms with Crippen LogP contribution >= 0.6 is 11.8 Å². The topological polar surface area (TPSA) is 45.8 Å². The van der Waals surface area contributed by atoms with Gasteiger partial charge in [-0.3, -0.25) is 4.79 Å². The summed E-state index contributed by atoms with van der Waals surface area (Å²) < 4.78 is 24.8. The highest BCUT2D eigenvalue weighted by Gasteiger charge is 2.12. The fraction of sp³-hybridized carbons (Fsp3) is 0.200. The van der Waals surface area contributed by atoms with Gasteiger partial charge in [-0.15, -0.1) is 11.8 Å². The van der Waals surface area contributed by atoms with Crippen molar-refractivity contribution < 1.29 is 8.78 Å². The predicted octanol–water partition coefficient (Wildman–Crippen LogP) is 2.58. The van der Waals surface area contributed by atoms with Gasteiger partial charge in [0.05, 0.1) is 10.9 Å². The van der Waals surface area contributed by atoms with Gasteiger partial charge in [0.1, 0.15) is 0 Å². The zero-order valence-corrected chi connectivity index (χ0v) is 9.15. The van der Waals surface area contributed by atoms with Crippen molar-refractivity contribution in [3.63, 3.8) is 0 Å². The van der Waals surface area contributed by atoms with Gasteiger partial charge in [0.25, 0.3) is 12.0 Å². The largest absolute Gasteiger partial charge is 0.305 e. The minimum Gasteiger partial charge on any atom is -0.305 e. The molecule has 0 saturated carbocycles. The van der Waals surface area contributed by atoms with Gasteiger partial charge in [-0.05, 0) is 24.5 Å². The van der Waals surface area contributed by atoms with Crippen LogP contribution in [0.1, 0.15) is 12.2 Å². The highest BCUT2D eigenvalue weighted by atomic mass is 32.2. The number of benzene rings is 1. The highest BCUT2D eigenvalue weighted by molar-refractivity contribution is 7.98. The van der Waals surface area contributed by atoms with Crippen molar-refractivity contribution in [2.24, 2.45) is 0 Å². The average molecular weight is 242 g/mol. The number of aromatic nitrogens is 2. The van der Waals surface area contributed by atoms with Gasteiger partial charge in [0.15, 0.2) is 5.82 Å². The Morgan fingerprint density at radius 1 is 1.44 bits per heavy atom. The molecule has 0 atom stereocenters. The predicted molar refractivity (Wildman–Crippen MR) is 59.1 cm³/mol. The van der Waals surface area contributed by atoms with E-state index in [1.54, 1.807) is 18.2 Å². The number of fused-ring (bicyclic) bond motifs is 1. The lowest BCUT2D eigenvalue weighted by Crippen LogP contribution is -2.12. The number of alkyl halides is 2. The van der Waals surface area contributed by atoms with Crippen LogP contribution in [0.4, 0.5) is 8.78 Å². The number of aromatic amines is 1. The van der Waals surface area contributed by atoms with E-state index in [0.29, 0.717) is 10.9 Å². The summed E-state index contributed by atoms with van der Waals surface area (Å²) >= 11 is 1.46. The molecule has 2 aromatic rings. The van der Waals surface area contributed by atoms with Crippen LogP contribution in [-0.4, -0.2) is 16.2 Å². The summed E-state index contributed by atoms with van der Waals surface area (Å²) in [7, 11) is 0. The Morgan fingerprint density at radius 2 is 2.19 bits per heavy atom. The Bertz CT molecular complexity index is 583. The van der Waals surface area contributed by atoms with Crippen molar-refractivity contribution >= 4 is 22.7 Å². The van der Waals surface area contributed by atoms with Gasteiger partial charge < -0.3 is 4.98 Å². The van der Waals surface area contributed by atoms with E-state index in [2.05, 4.69) is 9.97 Å². The molecule has 16 heavy (non-hydrogen) atoms.